The third kappa shape index (κ3) is 3.88. The SMILES string of the molecule is COc1ccc(S(=O)(=O)Nc2cccc(C(F)(F)F)c2)c(Cl)c1Cl. The molecule has 0 spiro atoms. The molecule has 0 aliphatic rings. The minimum atomic E-state index is -4.59. The van der Waals surface area contributed by atoms with Crippen LogP contribution in [0, 0.1) is 0 Å². The van der Waals surface area contributed by atoms with Crippen molar-refractivity contribution in [3.05, 3.63) is 52.0 Å². The number of alkyl halides is 3. The van der Waals surface area contributed by atoms with Crippen molar-refractivity contribution in [3.63, 3.8) is 0 Å². The number of sulfonamides is 1. The summed E-state index contributed by atoms with van der Waals surface area (Å²) in [6, 6.07) is 6.21. The summed E-state index contributed by atoms with van der Waals surface area (Å²) >= 11 is 11.8. The van der Waals surface area contributed by atoms with Crippen molar-refractivity contribution in [3.8, 4) is 5.75 Å². The van der Waals surface area contributed by atoms with E-state index >= 15 is 0 Å². The van der Waals surface area contributed by atoms with Crippen molar-refractivity contribution < 1.29 is 26.3 Å². The molecule has 0 radical (unpaired) electrons. The van der Waals surface area contributed by atoms with E-state index in [9.17, 15) is 21.6 Å². The topological polar surface area (TPSA) is 55.4 Å². The van der Waals surface area contributed by atoms with Gasteiger partial charge < -0.3 is 4.74 Å². The van der Waals surface area contributed by atoms with Gasteiger partial charge in [0.2, 0.25) is 0 Å². The zero-order chi connectivity index (χ0) is 18.1. The summed E-state index contributed by atoms with van der Waals surface area (Å²) in [5, 5.41) is -0.415. The Kier molecular flexibility index (Phi) is 5.22. The summed E-state index contributed by atoms with van der Waals surface area (Å²) in [5.74, 6) is 0.166. The number of rotatable bonds is 4. The average Bonchev–Trinajstić information content (AvgIpc) is 2.48. The third-order valence-electron chi connectivity index (χ3n) is 2.96. The van der Waals surface area contributed by atoms with Crippen LogP contribution in [0.25, 0.3) is 0 Å². The Bertz CT molecular complexity index is 870. The Balaban J connectivity index is 2.41. The Morgan fingerprint density at radius 2 is 1.75 bits per heavy atom. The Hall–Kier alpha value is -1.64. The maximum absolute atomic E-state index is 12.7. The zero-order valence-electron chi connectivity index (χ0n) is 12.0. The van der Waals surface area contributed by atoms with Gasteiger partial charge in [0, 0.05) is 5.69 Å². The summed E-state index contributed by atoms with van der Waals surface area (Å²) in [5.41, 5.74) is -1.24. The highest BCUT2D eigenvalue weighted by atomic mass is 35.5. The number of benzene rings is 2. The van der Waals surface area contributed by atoms with Crippen molar-refractivity contribution in [2.45, 2.75) is 11.1 Å². The van der Waals surface area contributed by atoms with Crippen molar-refractivity contribution in [1.82, 2.24) is 0 Å². The van der Waals surface area contributed by atoms with Crippen LogP contribution >= 0.6 is 23.2 Å². The van der Waals surface area contributed by atoms with Crippen molar-refractivity contribution in [1.29, 1.82) is 0 Å². The van der Waals surface area contributed by atoms with Crippen LogP contribution in [0.5, 0.6) is 5.75 Å². The largest absolute Gasteiger partial charge is 0.495 e. The predicted octanol–water partition coefficient (Wildman–Crippen LogP) is 4.82. The molecule has 0 saturated carbocycles. The van der Waals surface area contributed by atoms with Crippen molar-refractivity contribution in [2.75, 3.05) is 11.8 Å². The van der Waals surface area contributed by atoms with E-state index in [4.69, 9.17) is 27.9 Å². The summed E-state index contributed by atoms with van der Waals surface area (Å²) in [7, 11) is -2.92. The van der Waals surface area contributed by atoms with E-state index in [-0.39, 0.29) is 26.4 Å². The lowest BCUT2D eigenvalue weighted by atomic mass is 10.2. The molecule has 0 aliphatic heterocycles. The molecule has 4 nitrogen and oxygen atoms in total. The smallest absolute Gasteiger partial charge is 0.416 e. The van der Waals surface area contributed by atoms with Gasteiger partial charge in [-0.15, -0.1) is 0 Å². The Morgan fingerprint density at radius 1 is 1.08 bits per heavy atom. The molecule has 0 saturated heterocycles. The van der Waals surface area contributed by atoms with Crippen molar-refractivity contribution in [2.24, 2.45) is 0 Å². The first-order chi connectivity index (χ1) is 11.1. The number of nitrogens with one attached hydrogen (secondary N) is 1. The summed E-state index contributed by atoms with van der Waals surface area (Å²) in [6.07, 6.45) is -4.59. The monoisotopic (exact) mass is 399 g/mol. The van der Waals surface area contributed by atoms with Gasteiger partial charge in [0.1, 0.15) is 15.7 Å². The maximum atomic E-state index is 12.7. The van der Waals surface area contributed by atoms with Crippen LogP contribution < -0.4 is 9.46 Å². The fourth-order valence-electron chi connectivity index (χ4n) is 1.85. The van der Waals surface area contributed by atoms with Gasteiger partial charge in [-0.25, -0.2) is 8.42 Å². The van der Waals surface area contributed by atoms with Gasteiger partial charge in [0.05, 0.1) is 17.7 Å². The standard InChI is InChI=1S/C14H10Cl2F3NO3S/c1-23-10-5-6-11(13(16)12(10)15)24(21,22)20-9-4-2-3-8(7-9)14(17,18)19/h2-7,20H,1H3. The van der Waals surface area contributed by atoms with Gasteiger partial charge in [-0.1, -0.05) is 29.3 Å². The highest BCUT2D eigenvalue weighted by molar-refractivity contribution is 7.92. The normalized spacial score (nSPS) is 12.1. The molecule has 0 atom stereocenters. The summed E-state index contributed by atoms with van der Waals surface area (Å²) in [4.78, 5) is -0.382. The number of ether oxygens (including phenoxy) is 1. The minimum Gasteiger partial charge on any atom is -0.495 e. The lowest BCUT2D eigenvalue weighted by Crippen LogP contribution is -2.14. The lowest BCUT2D eigenvalue weighted by Gasteiger charge is -2.13. The van der Waals surface area contributed by atoms with Crippen LogP contribution in [0.1, 0.15) is 5.56 Å². The Labute approximate surface area is 146 Å². The Morgan fingerprint density at radius 3 is 2.33 bits per heavy atom. The molecule has 0 aromatic heterocycles. The molecule has 0 unspecified atom stereocenters. The van der Waals surface area contributed by atoms with Gasteiger partial charge >= 0.3 is 6.18 Å². The van der Waals surface area contributed by atoms with Gasteiger partial charge in [-0.05, 0) is 30.3 Å². The molecule has 2 rings (SSSR count). The van der Waals surface area contributed by atoms with Crippen LogP contribution in [0.15, 0.2) is 41.3 Å². The van der Waals surface area contributed by atoms with Gasteiger partial charge in [0.15, 0.2) is 0 Å². The average molecular weight is 400 g/mol. The van der Waals surface area contributed by atoms with Crippen LogP contribution in [0.3, 0.4) is 0 Å². The predicted molar refractivity (Wildman–Crippen MR) is 85.3 cm³/mol. The van der Waals surface area contributed by atoms with Crippen LogP contribution in [0.4, 0.5) is 18.9 Å². The molecule has 0 fully saturated rings. The number of hydrogen-bond donors (Lipinski definition) is 1. The van der Waals surface area contributed by atoms with E-state index in [2.05, 4.69) is 0 Å². The molecule has 0 aliphatic carbocycles. The highest BCUT2D eigenvalue weighted by Gasteiger charge is 2.31. The van der Waals surface area contributed by atoms with Gasteiger partial charge in [0.25, 0.3) is 10.0 Å². The summed E-state index contributed by atoms with van der Waals surface area (Å²) < 4.78 is 69.8. The number of hydrogen-bond acceptors (Lipinski definition) is 3. The summed E-state index contributed by atoms with van der Waals surface area (Å²) in [6.45, 7) is 0. The molecule has 130 valence electrons. The van der Waals surface area contributed by atoms with Crippen LogP contribution in [-0.2, 0) is 16.2 Å². The maximum Gasteiger partial charge on any atom is 0.416 e. The molecule has 24 heavy (non-hydrogen) atoms. The fraction of sp³-hybridized carbons (Fsp3) is 0.143. The van der Waals surface area contributed by atoms with E-state index in [1.165, 1.54) is 19.2 Å². The minimum absolute atomic E-state index is 0.119. The third-order valence-corrected chi connectivity index (χ3v) is 5.36. The van der Waals surface area contributed by atoms with E-state index < -0.39 is 21.8 Å². The van der Waals surface area contributed by atoms with Gasteiger partial charge in [-0.2, -0.15) is 13.2 Å². The molecule has 1 N–H and O–H groups in total. The number of anilines is 1. The van der Waals surface area contributed by atoms with E-state index in [1.807, 2.05) is 4.72 Å². The first-order valence-electron chi connectivity index (χ1n) is 6.28. The van der Waals surface area contributed by atoms with Crippen LogP contribution in [0.2, 0.25) is 10.0 Å². The first kappa shape index (κ1) is 18.7. The molecule has 2 aromatic rings. The van der Waals surface area contributed by atoms with Gasteiger partial charge in [-0.3, -0.25) is 4.72 Å². The number of halogens is 5. The van der Waals surface area contributed by atoms with E-state index in [0.717, 1.165) is 18.2 Å². The highest BCUT2D eigenvalue weighted by Crippen LogP contribution is 2.37. The number of methoxy groups -OCH3 is 1. The second-order valence-electron chi connectivity index (χ2n) is 4.58. The quantitative estimate of drug-likeness (QED) is 0.801. The second-order valence-corrected chi connectivity index (χ2v) is 6.98. The second kappa shape index (κ2) is 6.70. The van der Waals surface area contributed by atoms with E-state index in [0.29, 0.717) is 6.07 Å². The van der Waals surface area contributed by atoms with E-state index in [1.54, 1.807) is 0 Å². The molecule has 10 heteroatoms. The zero-order valence-corrected chi connectivity index (χ0v) is 14.3. The molecule has 0 heterocycles. The molecule has 0 bridgehead atoms. The fourth-order valence-corrected chi connectivity index (χ4v) is 3.74. The van der Waals surface area contributed by atoms with Crippen molar-refractivity contribution >= 4 is 38.9 Å². The molecule has 0 amide bonds. The van der Waals surface area contributed by atoms with Crippen LogP contribution in [-0.4, -0.2) is 15.5 Å². The molecular weight excluding hydrogens is 390 g/mol. The molecule has 2 aromatic carbocycles. The first-order valence-corrected chi connectivity index (χ1v) is 8.52. The molecular formula is C14H10Cl2F3NO3S. The lowest BCUT2D eigenvalue weighted by molar-refractivity contribution is -0.137.